The number of phenols is 1. The third-order valence-electron chi connectivity index (χ3n) is 2.91. The molecule has 0 heterocycles. The van der Waals surface area contributed by atoms with E-state index in [4.69, 9.17) is 4.74 Å². The van der Waals surface area contributed by atoms with E-state index in [1.54, 1.807) is 12.1 Å². The first kappa shape index (κ1) is 14.8. The van der Waals surface area contributed by atoms with Gasteiger partial charge in [0.05, 0.1) is 12.7 Å². The maximum absolute atomic E-state index is 12.0. The minimum absolute atomic E-state index is 0.0263. The molecule has 0 aliphatic rings. The number of aromatic hydroxyl groups is 1. The molecular formula is C13H18BrNO3. The molecule has 1 aromatic carbocycles. The second-order valence-corrected chi connectivity index (χ2v) is 4.92. The summed E-state index contributed by atoms with van der Waals surface area (Å²) in [5, 5.41) is 13.4. The first-order valence-corrected chi connectivity index (χ1v) is 6.85. The average molecular weight is 316 g/mol. The van der Waals surface area contributed by atoms with Gasteiger partial charge in [-0.1, -0.05) is 22.9 Å². The van der Waals surface area contributed by atoms with E-state index in [1.165, 1.54) is 13.2 Å². The summed E-state index contributed by atoms with van der Waals surface area (Å²) in [5.74, 6) is 0.473. The predicted molar refractivity (Wildman–Crippen MR) is 74.5 cm³/mol. The van der Waals surface area contributed by atoms with E-state index >= 15 is 0 Å². The lowest BCUT2D eigenvalue weighted by molar-refractivity contribution is 0.0928. The van der Waals surface area contributed by atoms with Crippen molar-refractivity contribution < 1.29 is 14.6 Å². The quantitative estimate of drug-likeness (QED) is 0.821. The minimum atomic E-state index is -0.282. The van der Waals surface area contributed by atoms with Gasteiger partial charge >= 0.3 is 0 Å². The number of carbonyl (C=O) groups excluding carboxylic acids is 1. The van der Waals surface area contributed by atoms with E-state index in [2.05, 4.69) is 21.2 Å². The van der Waals surface area contributed by atoms with Crippen LogP contribution in [0.1, 0.15) is 24.2 Å². The molecule has 4 nitrogen and oxygen atoms in total. The second-order valence-electron chi connectivity index (χ2n) is 4.28. The highest BCUT2D eigenvalue weighted by atomic mass is 79.9. The summed E-state index contributed by atoms with van der Waals surface area (Å²) in [4.78, 5) is 12.0. The van der Waals surface area contributed by atoms with Crippen LogP contribution in [-0.4, -0.2) is 29.5 Å². The summed E-state index contributed by atoms with van der Waals surface area (Å²) < 4.78 is 4.97. The van der Waals surface area contributed by atoms with Crippen LogP contribution >= 0.6 is 15.9 Å². The van der Waals surface area contributed by atoms with Crippen molar-refractivity contribution in [1.29, 1.82) is 0 Å². The molecule has 1 rings (SSSR count). The van der Waals surface area contributed by atoms with Crippen LogP contribution in [0.5, 0.6) is 11.5 Å². The number of hydrogen-bond acceptors (Lipinski definition) is 3. The molecule has 0 spiro atoms. The van der Waals surface area contributed by atoms with Crippen LogP contribution in [0.3, 0.4) is 0 Å². The van der Waals surface area contributed by atoms with Gasteiger partial charge in [-0.15, -0.1) is 0 Å². The van der Waals surface area contributed by atoms with E-state index in [1.807, 2.05) is 13.8 Å². The van der Waals surface area contributed by atoms with E-state index in [0.29, 0.717) is 11.7 Å². The highest BCUT2D eigenvalue weighted by molar-refractivity contribution is 9.09. The number of benzene rings is 1. The van der Waals surface area contributed by atoms with Gasteiger partial charge in [-0.25, -0.2) is 0 Å². The Labute approximate surface area is 115 Å². The third kappa shape index (κ3) is 3.63. The summed E-state index contributed by atoms with van der Waals surface area (Å²) in [6, 6.07) is 4.65. The van der Waals surface area contributed by atoms with Gasteiger partial charge < -0.3 is 15.2 Å². The lowest BCUT2D eigenvalue weighted by Gasteiger charge is -2.19. The summed E-state index contributed by atoms with van der Waals surface area (Å²) in [5.41, 5.74) is 0.254. The number of ether oxygens (including phenoxy) is 1. The molecule has 100 valence electrons. The molecule has 2 N–H and O–H groups in total. The van der Waals surface area contributed by atoms with Gasteiger partial charge in [-0.3, -0.25) is 4.79 Å². The first-order chi connectivity index (χ1) is 8.49. The highest BCUT2D eigenvalue weighted by Crippen LogP contribution is 2.23. The van der Waals surface area contributed by atoms with Gasteiger partial charge in [-0.2, -0.15) is 0 Å². The van der Waals surface area contributed by atoms with E-state index in [-0.39, 0.29) is 23.3 Å². The zero-order valence-corrected chi connectivity index (χ0v) is 12.3. The summed E-state index contributed by atoms with van der Waals surface area (Å²) >= 11 is 3.38. The van der Waals surface area contributed by atoms with Crippen LogP contribution in [0.2, 0.25) is 0 Å². The Kier molecular flexibility index (Phi) is 5.47. The smallest absolute Gasteiger partial charge is 0.255 e. The van der Waals surface area contributed by atoms with Crippen molar-refractivity contribution in [3.05, 3.63) is 23.8 Å². The maximum atomic E-state index is 12.0. The van der Waals surface area contributed by atoms with Crippen LogP contribution in [0, 0.1) is 5.92 Å². The van der Waals surface area contributed by atoms with Gasteiger partial charge in [0.25, 0.3) is 5.91 Å². The zero-order chi connectivity index (χ0) is 13.7. The molecule has 0 saturated heterocycles. The number of nitrogens with one attached hydrogen (secondary N) is 1. The van der Waals surface area contributed by atoms with Crippen molar-refractivity contribution in [1.82, 2.24) is 5.32 Å². The second kappa shape index (κ2) is 6.64. The first-order valence-electron chi connectivity index (χ1n) is 5.73. The Morgan fingerprint density at radius 2 is 2.17 bits per heavy atom. The Morgan fingerprint density at radius 1 is 1.50 bits per heavy atom. The number of alkyl halides is 1. The molecule has 0 aliphatic heterocycles. The molecular weight excluding hydrogens is 298 g/mol. The molecule has 0 radical (unpaired) electrons. The van der Waals surface area contributed by atoms with Gasteiger partial charge in [0, 0.05) is 17.4 Å². The summed E-state index contributed by atoms with van der Waals surface area (Å²) in [7, 11) is 1.51. The standard InChI is InChI=1S/C13H18BrNO3/c1-8(7-14)9(2)15-13(17)11-5-4-10(18-3)6-12(11)16/h4-6,8-9,16H,7H2,1-3H3,(H,15,17). The molecule has 5 heteroatoms. The minimum Gasteiger partial charge on any atom is -0.507 e. The number of halogens is 1. The monoisotopic (exact) mass is 315 g/mol. The molecule has 0 fully saturated rings. The molecule has 0 bridgehead atoms. The van der Waals surface area contributed by atoms with Crippen LogP contribution in [0.25, 0.3) is 0 Å². The number of phenolic OH excluding ortho intramolecular Hbond substituents is 1. The normalized spacial score (nSPS) is 13.8. The predicted octanol–water partition coefficient (Wildman–Crippen LogP) is 2.55. The summed E-state index contributed by atoms with van der Waals surface area (Å²) in [6.45, 7) is 3.97. The molecule has 1 amide bonds. The fourth-order valence-electron chi connectivity index (χ4n) is 1.39. The Balaban J connectivity index is 2.78. The van der Waals surface area contributed by atoms with Crippen LogP contribution in [0.4, 0.5) is 0 Å². The van der Waals surface area contributed by atoms with Crippen molar-refractivity contribution in [3.8, 4) is 11.5 Å². The number of amides is 1. The van der Waals surface area contributed by atoms with Crippen LogP contribution in [0.15, 0.2) is 18.2 Å². The average Bonchev–Trinajstić information content (AvgIpc) is 2.37. The Bertz CT molecular complexity index is 423. The molecule has 0 saturated carbocycles. The maximum Gasteiger partial charge on any atom is 0.255 e. The van der Waals surface area contributed by atoms with E-state index in [9.17, 15) is 9.90 Å². The van der Waals surface area contributed by atoms with Gasteiger partial charge in [0.1, 0.15) is 11.5 Å². The van der Waals surface area contributed by atoms with Crippen molar-refractivity contribution in [2.75, 3.05) is 12.4 Å². The number of hydrogen-bond donors (Lipinski definition) is 2. The van der Waals surface area contributed by atoms with Gasteiger partial charge in [0.2, 0.25) is 0 Å². The Morgan fingerprint density at radius 3 is 2.67 bits per heavy atom. The lowest BCUT2D eigenvalue weighted by atomic mass is 10.1. The molecule has 2 unspecified atom stereocenters. The topological polar surface area (TPSA) is 58.6 Å². The number of carbonyl (C=O) groups is 1. The van der Waals surface area contributed by atoms with Crippen molar-refractivity contribution in [3.63, 3.8) is 0 Å². The van der Waals surface area contributed by atoms with Crippen molar-refractivity contribution in [2.24, 2.45) is 5.92 Å². The van der Waals surface area contributed by atoms with E-state index < -0.39 is 0 Å². The van der Waals surface area contributed by atoms with Crippen LogP contribution in [-0.2, 0) is 0 Å². The largest absolute Gasteiger partial charge is 0.507 e. The van der Waals surface area contributed by atoms with Crippen molar-refractivity contribution in [2.45, 2.75) is 19.9 Å². The van der Waals surface area contributed by atoms with Crippen LogP contribution < -0.4 is 10.1 Å². The summed E-state index contributed by atoms with van der Waals surface area (Å²) in [6.07, 6.45) is 0. The third-order valence-corrected chi connectivity index (χ3v) is 3.93. The zero-order valence-electron chi connectivity index (χ0n) is 10.7. The molecule has 18 heavy (non-hydrogen) atoms. The van der Waals surface area contributed by atoms with Gasteiger partial charge in [0.15, 0.2) is 0 Å². The van der Waals surface area contributed by atoms with Crippen molar-refractivity contribution >= 4 is 21.8 Å². The van der Waals surface area contributed by atoms with E-state index in [0.717, 1.165) is 5.33 Å². The number of methoxy groups -OCH3 is 1. The van der Waals surface area contributed by atoms with Gasteiger partial charge in [-0.05, 0) is 25.0 Å². The molecule has 0 aliphatic carbocycles. The molecule has 0 aromatic heterocycles. The fraction of sp³-hybridized carbons (Fsp3) is 0.462. The SMILES string of the molecule is COc1ccc(C(=O)NC(C)C(C)CBr)c(O)c1. The lowest BCUT2D eigenvalue weighted by Crippen LogP contribution is -2.37. The number of rotatable bonds is 5. The molecule has 2 atom stereocenters. The Hall–Kier alpha value is -1.23. The highest BCUT2D eigenvalue weighted by Gasteiger charge is 2.17. The molecule has 1 aromatic rings. The fourth-order valence-corrected chi connectivity index (χ4v) is 1.95.